The lowest BCUT2D eigenvalue weighted by atomic mass is 9.48. The van der Waals surface area contributed by atoms with Gasteiger partial charge in [0.2, 0.25) is 0 Å². The van der Waals surface area contributed by atoms with E-state index in [1.54, 1.807) is 0 Å². The number of carbonyl (C=O) groups excluding carboxylic acids is 2. The van der Waals surface area contributed by atoms with E-state index >= 15 is 0 Å². The summed E-state index contributed by atoms with van der Waals surface area (Å²) in [5, 5.41) is 0. The summed E-state index contributed by atoms with van der Waals surface area (Å²) in [4.78, 5) is 24.5. The second-order valence-electron chi connectivity index (χ2n) is 9.38. The van der Waals surface area contributed by atoms with E-state index in [0.717, 1.165) is 37.9 Å². The molecule has 0 unspecified atom stereocenters. The number of allylic oxidation sites excluding steroid dienone is 4. The fraction of sp³-hybridized carbons (Fsp3) is 0.739. The van der Waals surface area contributed by atoms with Gasteiger partial charge in [-0.05, 0) is 61.5 Å². The number of Topliss-reactive ketones (excluding diaryl/α,β-unsaturated/α-hetero) is 1. The molecule has 2 fully saturated rings. The normalized spacial score (nSPS) is 43.0. The van der Waals surface area contributed by atoms with Gasteiger partial charge in [-0.25, -0.2) is 0 Å². The van der Waals surface area contributed by atoms with Gasteiger partial charge in [0.1, 0.15) is 11.9 Å². The number of carbonyl (C=O) groups is 2. The average molecular weight is 373 g/mol. The van der Waals surface area contributed by atoms with E-state index in [-0.39, 0.29) is 28.8 Å². The minimum atomic E-state index is -0.329. The molecule has 148 valence electrons. The number of ether oxygens (including phenoxy) is 2. The Morgan fingerprint density at radius 3 is 2.74 bits per heavy atom. The summed E-state index contributed by atoms with van der Waals surface area (Å²) >= 11 is 0. The molecule has 2 saturated carbocycles. The van der Waals surface area contributed by atoms with Gasteiger partial charge in [-0.3, -0.25) is 9.59 Å². The predicted octanol–water partition coefficient (Wildman–Crippen LogP) is 4.59. The molecule has 0 aliphatic heterocycles. The molecule has 0 aromatic rings. The molecule has 0 heterocycles. The van der Waals surface area contributed by atoms with E-state index in [4.69, 9.17) is 9.47 Å². The molecule has 4 nitrogen and oxygen atoms in total. The molecule has 0 radical (unpaired) electrons. The highest BCUT2D eigenvalue weighted by molar-refractivity contribution is 5.88. The van der Waals surface area contributed by atoms with Gasteiger partial charge in [0.25, 0.3) is 0 Å². The van der Waals surface area contributed by atoms with Gasteiger partial charge in [-0.15, -0.1) is 0 Å². The van der Waals surface area contributed by atoms with Crippen molar-refractivity contribution in [3.05, 3.63) is 23.5 Å². The first-order valence-electron chi connectivity index (χ1n) is 10.5. The van der Waals surface area contributed by atoms with Crippen LogP contribution >= 0.6 is 0 Å². The molecule has 6 atom stereocenters. The number of rotatable bonds is 3. The summed E-state index contributed by atoms with van der Waals surface area (Å²) in [7, 11) is 0. The Balaban J connectivity index is 1.69. The lowest BCUT2D eigenvalue weighted by Gasteiger charge is -2.56. The van der Waals surface area contributed by atoms with Gasteiger partial charge < -0.3 is 9.47 Å². The average Bonchev–Trinajstić information content (AvgIpc) is 2.85. The Labute approximate surface area is 162 Å². The van der Waals surface area contributed by atoms with Gasteiger partial charge in [0.05, 0.1) is 12.4 Å². The summed E-state index contributed by atoms with van der Waals surface area (Å²) in [6.45, 7) is 8.73. The molecular weight excluding hydrogens is 340 g/mol. The molecule has 0 amide bonds. The van der Waals surface area contributed by atoms with Crippen LogP contribution in [-0.2, 0) is 19.1 Å². The minimum Gasteiger partial charge on any atom is -0.498 e. The van der Waals surface area contributed by atoms with Crippen LogP contribution in [0.4, 0.5) is 0 Å². The van der Waals surface area contributed by atoms with Gasteiger partial charge in [0, 0.05) is 31.1 Å². The van der Waals surface area contributed by atoms with Crippen LogP contribution in [0.5, 0.6) is 0 Å². The molecule has 4 aliphatic carbocycles. The standard InChI is InChI=1S/C23H32O4/c1-5-26-16-8-10-22(3)15(12-16)6-7-17-18(22)9-11-23(4)20(25)13-19(21(17)23)27-14(2)24/h6,12,17-19,21H,5,7-11,13H2,1-4H3/t17-,18+,19+,21-,22+,23-/m1/s1. The summed E-state index contributed by atoms with van der Waals surface area (Å²) in [6.07, 6.45) is 9.84. The van der Waals surface area contributed by atoms with Crippen LogP contribution in [0, 0.1) is 28.6 Å². The third-order valence-corrected chi connectivity index (χ3v) is 8.05. The molecule has 0 spiro atoms. The molecule has 0 aromatic carbocycles. The van der Waals surface area contributed by atoms with Gasteiger partial charge in [-0.2, -0.15) is 0 Å². The van der Waals surface area contributed by atoms with Crippen molar-refractivity contribution >= 4 is 11.8 Å². The molecule has 4 aliphatic rings. The third kappa shape index (κ3) is 2.78. The number of ketones is 1. The van der Waals surface area contributed by atoms with Crippen molar-refractivity contribution in [2.24, 2.45) is 28.6 Å². The minimum absolute atomic E-state index is 0.136. The SMILES string of the molecule is CCOC1=CC2=CC[C@H]3[C@@H]4[C@@H](OC(C)=O)CC(=O)[C@@]4(C)CC[C@@H]3[C@@]2(C)CC1. The van der Waals surface area contributed by atoms with Crippen molar-refractivity contribution in [2.45, 2.75) is 72.3 Å². The van der Waals surface area contributed by atoms with Gasteiger partial charge in [-0.1, -0.05) is 19.9 Å². The van der Waals surface area contributed by atoms with Crippen molar-refractivity contribution in [1.82, 2.24) is 0 Å². The predicted molar refractivity (Wildman–Crippen MR) is 103 cm³/mol. The fourth-order valence-corrected chi connectivity index (χ4v) is 6.73. The first kappa shape index (κ1) is 18.8. The zero-order chi connectivity index (χ0) is 19.4. The second kappa shape index (κ2) is 6.49. The molecule has 0 N–H and O–H groups in total. The lowest BCUT2D eigenvalue weighted by Crippen LogP contribution is -2.51. The van der Waals surface area contributed by atoms with Crippen LogP contribution < -0.4 is 0 Å². The van der Waals surface area contributed by atoms with Crippen molar-refractivity contribution < 1.29 is 19.1 Å². The Bertz CT molecular complexity index is 720. The smallest absolute Gasteiger partial charge is 0.302 e. The lowest BCUT2D eigenvalue weighted by molar-refractivity contribution is -0.154. The van der Waals surface area contributed by atoms with Crippen LogP contribution in [-0.4, -0.2) is 24.5 Å². The Morgan fingerprint density at radius 1 is 1.26 bits per heavy atom. The Hall–Kier alpha value is -1.58. The number of esters is 1. The monoisotopic (exact) mass is 372 g/mol. The van der Waals surface area contributed by atoms with E-state index in [0.29, 0.717) is 30.6 Å². The van der Waals surface area contributed by atoms with Gasteiger partial charge in [0.15, 0.2) is 0 Å². The summed E-state index contributed by atoms with van der Waals surface area (Å²) in [5.74, 6) is 2.24. The Morgan fingerprint density at radius 2 is 2.04 bits per heavy atom. The first-order valence-corrected chi connectivity index (χ1v) is 10.5. The van der Waals surface area contributed by atoms with E-state index in [1.807, 2.05) is 6.92 Å². The van der Waals surface area contributed by atoms with Crippen LogP contribution in [0.15, 0.2) is 23.5 Å². The van der Waals surface area contributed by atoms with E-state index in [2.05, 4.69) is 26.0 Å². The van der Waals surface area contributed by atoms with Crippen LogP contribution in [0.3, 0.4) is 0 Å². The quantitative estimate of drug-likeness (QED) is 0.680. The molecule has 0 bridgehead atoms. The van der Waals surface area contributed by atoms with E-state index < -0.39 is 0 Å². The number of hydrogen-bond donors (Lipinski definition) is 0. The molecule has 0 aromatic heterocycles. The molecule has 27 heavy (non-hydrogen) atoms. The number of fused-ring (bicyclic) bond motifs is 5. The van der Waals surface area contributed by atoms with Crippen molar-refractivity contribution in [2.75, 3.05) is 6.61 Å². The Kier molecular flexibility index (Phi) is 4.51. The van der Waals surface area contributed by atoms with E-state index in [1.165, 1.54) is 12.5 Å². The summed E-state index contributed by atoms with van der Waals surface area (Å²) < 4.78 is 11.5. The maximum atomic E-state index is 12.8. The zero-order valence-electron chi connectivity index (χ0n) is 17.0. The van der Waals surface area contributed by atoms with Crippen LogP contribution in [0.25, 0.3) is 0 Å². The van der Waals surface area contributed by atoms with Crippen LogP contribution in [0.1, 0.15) is 66.2 Å². The van der Waals surface area contributed by atoms with Gasteiger partial charge >= 0.3 is 5.97 Å². The molecule has 0 saturated heterocycles. The fourth-order valence-electron chi connectivity index (χ4n) is 6.73. The van der Waals surface area contributed by atoms with Crippen LogP contribution in [0.2, 0.25) is 0 Å². The maximum absolute atomic E-state index is 12.8. The van der Waals surface area contributed by atoms with Crippen molar-refractivity contribution in [3.63, 3.8) is 0 Å². The van der Waals surface area contributed by atoms with Crippen molar-refractivity contribution in [3.8, 4) is 0 Å². The highest BCUT2D eigenvalue weighted by atomic mass is 16.5. The maximum Gasteiger partial charge on any atom is 0.302 e. The molecule has 4 rings (SSSR count). The highest BCUT2D eigenvalue weighted by Gasteiger charge is 2.62. The second-order valence-corrected chi connectivity index (χ2v) is 9.38. The summed E-state index contributed by atoms with van der Waals surface area (Å²) in [5.41, 5.74) is 1.22. The third-order valence-electron chi connectivity index (χ3n) is 8.05. The first-order chi connectivity index (χ1) is 12.8. The van der Waals surface area contributed by atoms with Crippen molar-refractivity contribution in [1.29, 1.82) is 0 Å². The zero-order valence-corrected chi connectivity index (χ0v) is 17.0. The topological polar surface area (TPSA) is 52.6 Å². The largest absolute Gasteiger partial charge is 0.498 e. The summed E-state index contributed by atoms with van der Waals surface area (Å²) in [6, 6.07) is 0. The highest BCUT2D eigenvalue weighted by Crippen LogP contribution is 2.64. The molecular formula is C23H32O4. The molecule has 4 heteroatoms. The number of hydrogen-bond acceptors (Lipinski definition) is 4. The van der Waals surface area contributed by atoms with E-state index in [9.17, 15) is 9.59 Å².